The van der Waals surface area contributed by atoms with Crippen molar-refractivity contribution in [2.24, 2.45) is 0 Å². The van der Waals surface area contributed by atoms with Gasteiger partial charge in [0.1, 0.15) is 5.82 Å². The van der Waals surface area contributed by atoms with Gasteiger partial charge in [-0.3, -0.25) is 0 Å². The van der Waals surface area contributed by atoms with Crippen molar-refractivity contribution in [1.82, 2.24) is 10.2 Å². The molecular weight excluding hydrogens is 273 g/mol. The van der Waals surface area contributed by atoms with E-state index in [4.69, 9.17) is 4.42 Å². The third-order valence-electron chi connectivity index (χ3n) is 2.32. The Morgan fingerprint density at radius 2 is 2.16 bits per heavy atom. The Bertz CT molecular complexity index is 669. The van der Waals surface area contributed by atoms with Crippen LogP contribution >= 0.6 is 0 Å². The molecule has 0 aliphatic carbocycles. The molecule has 102 valence electrons. The smallest absolute Gasteiger partial charge is 0.329 e. The second-order valence-corrected chi connectivity index (χ2v) is 5.77. The first-order valence-corrected chi connectivity index (χ1v) is 7.15. The van der Waals surface area contributed by atoms with Gasteiger partial charge in [0.15, 0.2) is 0 Å². The molecule has 0 atom stereocenters. The van der Waals surface area contributed by atoms with Crippen LogP contribution in [-0.2, 0) is 16.4 Å². The largest absolute Gasteiger partial charge is 0.408 e. The monoisotopic (exact) mass is 285 g/mol. The zero-order valence-corrected chi connectivity index (χ0v) is 10.9. The van der Waals surface area contributed by atoms with Crippen LogP contribution in [0.15, 0.2) is 28.7 Å². The SMILES string of the molecule is Cc1nnc(NS(=O)(=O)CCc2cccc(F)c2)o1. The fourth-order valence-electron chi connectivity index (χ4n) is 1.47. The summed E-state index contributed by atoms with van der Waals surface area (Å²) in [4.78, 5) is 0. The molecule has 2 rings (SSSR count). The Labute approximate surface area is 109 Å². The Morgan fingerprint density at radius 1 is 1.37 bits per heavy atom. The average Bonchev–Trinajstić information content (AvgIpc) is 2.72. The number of nitrogens with one attached hydrogen (secondary N) is 1. The van der Waals surface area contributed by atoms with Crippen LogP contribution in [0, 0.1) is 12.7 Å². The number of halogens is 1. The van der Waals surface area contributed by atoms with Crippen LogP contribution in [-0.4, -0.2) is 24.4 Å². The molecule has 0 aliphatic rings. The van der Waals surface area contributed by atoms with Crippen LogP contribution in [0.1, 0.15) is 11.5 Å². The summed E-state index contributed by atoms with van der Waals surface area (Å²) in [6.45, 7) is 1.55. The van der Waals surface area contributed by atoms with E-state index in [-0.39, 0.29) is 24.1 Å². The zero-order chi connectivity index (χ0) is 13.9. The summed E-state index contributed by atoms with van der Waals surface area (Å²) in [5, 5.41) is 7.04. The quantitative estimate of drug-likeness (QED) is 0.899. The average molecular weight is 285 g/mol. The van der Waals surface area contributed by atoms with Crippen LogP contribution in [0.25, 0.3) is 0 Å². The maximum Gasteiger partial charge on any atom is 0.329 e. The van der Waals surface area contributed by atoms with Crippen LogP contribution in [0.3, 0.4) is 0 Å². The number of hydrogen-bond donors (Lipinski definition) is 1. The van der Waals surface area contributed by atoms with E-state index < -0.39 is 15.8 Å². The molecule has 1 aromatic carbocycles. The van der Waals surface area contributed by atoms with E-state index in [1.807, 2.05) is 0 Å². The molecule has 0 spiro atoms. The van der Waals surface area contributed by atoms with E-state index in [1.54, 1.807) is 13.0 Å². The van der Waals surface area contributed by atoms with Gasteiger partial charge in [-0.2, -0.15) is 0 Å². The Hall–Kier alpha value is -1.96. The van der Waals surface area contributed by atoms with E-state index in [1.165, 1.54) is 18.2 Å². The number of sulfonamides is 1. The fraction of sp³-hybridized carbons (Fsp3) is 0.273. The number of hydrogen-bond acceptors (Lipinski definition) is 5. The van der Waals surface area contributed by atoms with Crippen LogP contribution < -0.4 is 4.72 Å². The number of benzene rings is 1. The normalized spacial score (nSPS) is 11.5. The van der Waals surface area contributed by atoms with Crippen LogP contribution in [0.2, 0.25) is 0 Å². The molecule has 8 heteroatoms. The summed E-state index contributed by atoms with van der Waals surface area (Å²) in [7, 11) is -3.60. The predicted molar refractivity (Wildman–Crippen MR) is 66.5 cm³/mol. The summed E-state index contributed by atoms with van der Waals surface area (Å²) in [6, 6.07) is 5.63. The van der Waals surface area contributed by atoms with Gasteiger partial charge in [-0.05, 0) is 24.1 Å². The summed E-state index contributed by atoms with van der Waals surface area (Å²) >= 11 is 0. The molecule has 19 heavy (non-hydrogen) atoms. The molecule has 1 aromatic heterocycles. The number of aromatic nitrogens is 2. The maximum atomic E-state index is 12.9. The van der Waals surface area contributed by atoms with Gasteiger partial charge in [0.25, 0.3) is 0 Å². The van der Waals surface area contributed by atoms with Crippen molar-refractivity contribution in [3.8, 4) is 0 Å². The lowest BCUT2D eigenvalue weighted by Gasteiger charge is -2.04. The highest BCUT2D eigenvalue weighted by Gasteiger charge is 2.14. The fourth-order valence-corrected chi connectivity index (χ4v) is 2.42. The standard InChI is InChI=1S/C11H12FN3O3S/c1-8-13-14-11(18-8)15-19(16,17)6-5-9-3-2-4-10(12)7-9/h2-4,7H,5-6H2,1H3,(H,14,15). The Kier molecular flexibility index (Phi) is 3.79. The van der Waals surface area contributed by atoms with Gasteiger partial charge in [-0.1, -0.05) is 17.2 Å². The zero-order valence-electron chi connectivity index (χ0n) is 10.1. The minimum absolute atomic E-state index is 0.170. The van der Waals surface area contributed by atoms with Crippen molar-refractivity contribution < 1.29 is 17.2 Å². The van der Waals surface area contributed by atoms with Crippen molar-refractivity contribution in [3.63, 3.8) is 0 Å². The van der Waals surface area contributed by atoms with Gasteiger partial charge in [-0.15, -0.1) is 5.10 Å². The number of rotatable bonds is 5. The first-order valence-electron chi connectivity index (χ1n) is 5.50. The first-order chi connectivity index (χ1) is 8.94. The molecule has 0 fully saturated rings. The number of aryl methyl sites for hydroxylation is 2. The molecule has 0 radical (unpaired) electrons. The van der Waals surface area contributed by atoms with Crippen LogP contribution in [0.5, 0.6) is 0 Å². The maximum absolute atomic E-state index is 12.9. The minimum Gasteiger partial charge on any atom is -0.408 e. The highest BCUT2D eigenvalue weighted by Crippen LogP contribution is 2.09. The Balaban J connectivity index is 1.98. The molecule has 1 N–H and O–H groups in total. The highest BCUT2D eigenvalue weighted by molar-refractivity contribution is 7.92. The second-order valence-electron chi connectivity index (χ2n) is 3.93. The van der Waals surface area contributed by atoms with Gasteiger partial charge >= 0.3 is 6.01 Å². The van der Waals surface area contributed by atoms with E-state index in [2.05, 4.69) is 14.9 Å². The van der Waals surface area contributed by atoms with E-state index in [9.17, 15) is 12.8 Å². The van der Waals surface area contributed by atoms with Crippen molar-refractivity contribution >= 4 is 16.0 Å². The van der Waals surface area contributed by atoms with Crippen molar-refractivity contribution in [3.05, 3.63) is 41.5 Å². The van der Waals surface area contributed by atoms with Crippen molar-refractivity contribution in [2.75, 3.05) is 10.5 Å². The third kappa shape index (κ3) is 4.02. The van der Waals surface area contributed by atoms with Gasteiger partial charge in [0.2, 0.25) is 15.9 Å². The summed E-state index contributed by atoms with van der Waals surface area (Å²) < 4.78 is 43.5. The summed E-state index contributed by atoms with van der Waals surface area (Å²) in [5.41, 5.74) is 0.604. The highest BCUT2D eigenvalue weighted by atomic mass is 32.2. The van der Waals surface area contributed by atoms with Crippen molar-refractivity contribution in [1.29, 1.82) is 0 Å². The van der Waals surface area contributed by atoms with E-state index >= 15 is 0 Å². The molecule has 6 nitrogen and oxygen atoms in total. The third-order valence-corrected chi connectivity index (χ3v) is 3.54. The van der Waals surface area contributed by atoms with Gasteiger partial charge in [0, 0.05) is 6.92 Å². The molecule has 0 bridgehead atoms. The molecule has 2 aromatic rings. The molecule has 1 heterocycles. The predicted octanol–water partition coefficient (Wildman–Crippen LogP) is 1.50. The summed E-state index contributed by atoms with van der Waals surface area (Å²) in [5.74, 6) is -0.323. The second kappa shape index (κ2) is 5.35. The van der Waals surface area contributed by atoms with Gasteiger partial charge in [-0.25, -0.2) is 17.5 Å². The van der Waals surface area contributed by atoms with E-state index in [0.717, 1.165) is 0 Å². The molecule has 0 saturated heterocycles. The van der Waals surface area contributed by atoms with E-state index in [0.29, 0.717) is 5.56 Å². The Morgan fingerprint density at radius 3 is 2.79 bits per heavy atom. The lowest BCUT2D eigenvalue weighted by Crippen LogP contribution is -2.18. The molecule has 0 saturated carbocycles. The molecule has 0 unspecified atom stereocenters. The van der Waals surface area contributed by atoms with Gasteiger partial charge < -0.3 is 4.42 Å². The molecule has 0 amide bonds. The topological polar surface area (TPSA) is 85.1 Å². The first kappa shape index (κ1) is 13.5. The minimum atomic E-state index is -3.60. The van der Waals surface area contributed by atoms with Crippen LogP contribution in [0.4, 0.5) is 10.4 Å². The molecule has 0 aliphatic heterocycles. The van der Waals surface area contributed by atoms with Gasteiger partial charge in [0.05, 0.1) is 5.75 Å². The van der Waals surface area contributed by atoms with Crippen molar-refractivity contribution in [2.45, 2.75) is 13.3 Å². The number of nitrogens with zero attached hydrogens (tertiary/aromatic N) is 2. The number of anilines is 1. The molecular formula is C11H12FN3O3S. The lowest BCUT2D eigenvalue weighted by molar-refractivity contribution is 0.534. The lowest BCUT2D eigenvalue weighted by atomic mass is 10.2. The summed E-state index contributed by atoms with van der Waals surface area (Å²) in [6.07, 6.45) is 0.195.